The number of nitrogens with two attached hydrogens (primary N) is 1. The molecular formula is C11H11BrN4O. The topological polar surface area (TPSA) is 72.9 Å². The highest BCUT2D eigenvalue weighted by molar-refractivity contribution is 9.10. The quantitative estimate of drug-likeness (QED) is 0.890. The molecule has 6 heteroatoms. The van der Waals surface area contributed by atoms with Gasteiger partial charge in [0.1, 0.15) is 11.5 Å². The minimum atomic E-state index is -0.247. The maximum absolute atomic E-state index is 12.0. The fourth-order valence-corrected chi connectivity index (χ4v) is 1.82. The summed E-state index contributed by atoms with van der Waals surface area (Å²) >= 11 is 3.31. The molecule has 5 nitrogen and oxygen atoms in total. The van der Waals surface area contributed by atoms with Crippen LogP contribution in [0.25, 0.3) is 0 Å². The molecule has 0 bridgehead atoms. The van der Waals surface area contributed by atoms with Gasteiger partial charge in [-0.15, -0.1) is 0 Å². The first-order valence-electron chi connectivity index (χ1n) is 4.91. The number of hydrogen-bond donors (Lipinski definition) is 2. The lowest BCUT2D eigenvalue weighted by Crippen LogP contribution is -2.16. The Morgan fingerprint density at radius 2 is 2.35 bits per heavy atom. The fourth-order valence-electron chi connectivity index (χ4n) is 1.47. The van der Waals surface area contributed by atoms with Gasteiger partial charge in [-0.05, 0) is 34.1 Å². The number of nitrogen functional groups attached to an aromatic ring is 1. The second-order valence-electron chi connectivity index (χ2n) is 3.56. The number of anilines is 2. The molecule has 0 aliphatic rings. The third-order valence-electron chi connectivity index (χ3n) is 2.25. The number of aryl methyl sites for hydroxylation is 1. The van der Waals surface area contributed by atoms with Gasteiger partial charge in [0, 0.05) is 19.4 Å². The van der Waals surface area contributed by atoms with Crippen LogP contribution in [-0.2, 0) is 7.05 Å². The number of rotatable bonds is 2. The number of nitrogens with zero attached hydrogens (tertiary/aromatic N) is 2. The second-order valence-corrected chi connectivity index (χ2v) is 4.41. The number of amides is 1. The Balaban J connectivity index is 2.23. The van der Waals surface area contributed by atoms with E-state index in [4.69, 9.17) is 5.73 Å². The average molecular weight is 295 g/mol. The Bertz CT molecular complexity index is 564. The predicted molar refractivity (Wildman–Crippen MR) is 69.7 cm³/mol. The van der Waals surface area contributed by atoms with Crippen LogP contribution in [0.4, 0.5) is 11.5 Å². The number of nitrogens with one attached hydrogen (secondary N) is 1. The van der Waals surface area contributed by atoms with Crippen molar-refractivity contribution in [2.24, 2.45) is 7.05 Å². The van der Waals surface area contributed by atoms with Crippen molar-refractivity contribution in [2.45, 2.75) is 0 Å². The molecule has 3 N–H and O–H groups in total. The van der Waals surface area contributed by atoms with E-state index in [1.54, 1.807) is 36.1 Å². The summed E-state index contributed by atoms with van der Waals surface area (Å²) < 4.78 is 2.40. The molecule has 0 aliphatic heterocycles. The van der Waals surface area contributed by atoms with E-state index in [0.717, 1.165) is 4.47 Å². The van der Waals surface area contributed by atoms with Crippen molar-refractivity contribution >= 4 is 33.3 Å². The van der Waals surface area contributed by atoms with E-state index in [2.05, 4.69) is 26.2 Å². The number of carbonyl (C=O) groups excluding carboxylic acids is 1. The van der Waals surface area contributed by atoms with Crippen molar-refractivity contribution in [1.82, 2.24) is 9.55 Å². The minimum Gasteiger partial charge on any atom is -0.397 e. The van der Waals surface area contributed by atoms with Crippen LogP contribution in [0.15, 0.2) is 35.1 Å². The van der Waals surface area contributed by atoms with Gasteiger partial charge in [0.2, 0.25) is 0 Å². The number of pyridine rings is 1. The van der Waals surface area contributed by atoms with Crippen molar-refractivity contribution in [1.29, 1.82) is 0 Å². The van der Waals surface area contributed by atoms with Gasteiger partial charge in [-0.25, -0.2) is 4.98 Å². The van der Waals surface area contributed by atoms with Gasteiger partial charge in [0.05, 0.1) is 10.2 Å². The number of carbonyl (C=O) groups is 1. The third kappa shape index (κ3) is 2.47. The zero-order valence-corrected chi connectivity index (χ0v) is 10.7. The van der Waals surface area contributed by atoms with E-state index in [-0.39, 0.29) is 5.91 Å². The van der Waals surface area contributed by atoms with Crippen molar-refractivity contribution in [3.05, 3.63) is 40.8 Å². The molecule has 0 aromatic carbocycles. The highest BCUT2D eigenvalue weighted by Gasteiger charge is 2.12. The SMILES string of the molecule is Cn1cc(N)cc1C(=O)Nc1ncccc1Br. The van der Waals surface area contributed by atoms with Crippen molar-refractivity contribution < 1.29 is 4.79 Å². The lowest BCUT2D eigenvalue weighted by molar-refractivity contribution is 0.101. The molecule has 2 aromatic rings. The van der Waals surface area contributed by atoms with Crippen LogP contribution >= 0.6 is 15.9 Å². The van der Waals surface area contributed by atoms with E-state index in [1.807, 2.05) is 6.07 Å². The summed E-state index contributed by atoms with van der Waals surface area (Å²) in [5.41, 5.74) is 6.65. The molecule has 2 rings (SSSR count). The summed E-state index contributed by atoms with van der Waals surface area (Å²) in [7, 11) is 1.76. The molecule has 1 amide bonds. The summed E-state index contributed by atoms with van der Waals surface area (Å²) in [5, 5.41) is 2.71. The molecule has 0 spiro atoms. The summed E-state index contributed by atoms with van der Waals surface area (Å²) in [4.78, 5) is 16.0. The molecule has 2 aromatic heterocycles. The van der Waals surface area contributed by atoms with Gasteiger partial charge in [0.15, 0.2) is 0 Å². The number of hydrogen-bond acceptors (Lipinski definition) is 3. The van der Waals surface area contributed by atoms with Crippen LogP contribution in [0.5, 0.6) is 0 Å². The predicted octanol–water partition coefficient (Wildman–Crippen LogP) is 2.02. The van der Waals surface area contributed by atoms with Gasteiger partial charge >= 0.3 is 0 Å². The van der Waals surface area contributed by atoms with E-state index in [9.17, 15) is 4.79 Å². The Hall–Kier alpha value is -1.82. The zero-order chi connectivity index (χ0) is 12.4. The summed E-state index contributed by atoms with van der Waals surface area (Å²) in [5.74, 6) is 0.237. The molecule has 0 aliphatic carbocycles. The Morgan fingerprint density at radius 1 is 1.59 bits per heavy atom. The smallest absolute Gasteiger partial charge is 0.273 e. The highest BCUT2D eigenvalue weighted by atomic mass is 79.9. The van der Waals surface area contributed by atoms with Gasteiger partial charge < -0.3 is 15.6 Å². The first-order chi connectivity index (χ1) is 8.08. The Labute approximate surface area is 107 Å². The lowest BCUT2D eigenvalue weighted by Gasteiger charge is -2.06. The third-order valence-corrected chi connectivity index (χ3v) is 2.89. The molecular weight excluding hydrogens is 284 g/mol. The van der Waals surface area contributed by atoms with E-state index < -0.39 is 0 Å². The van der Waals surface area contributed by atoms with Gasteiger partial charge in [-0.3, -0.25) is 4.79 Å². The van der Waals surface area contributed by atoms with Gasteiger partial charge in [-0.2, -0.15) is 0 Å². The first-order valence-corrected chi connectivity index (χ1v) is 5.71. The Kier molecular flexibility index (Phi) is 3.14. The molecule has 0 atom stereocenters. The van der Waals surface area contributed by atoms with Gasteiger partial charge in [-0.1, -0.05) is 0 Å². The van der Waals surface area contributed by atoms with Crippen LogP contribution in [-0.4, -0.2) is 15.5 Å². The molecule has 0 fully saturated rings. The van der Waals surface area contributed by atoms with Crippen LogP contribution in [0.2, 0.25) is 0 Å². The van der Waals surface area contributed by atoms with E-state index >= 15 is 0 Å². The van der Waals surface area contributed by atoms with Crippen molar-refractivity contribution in [3.8, 4) is 0 Å². The van der Waals surface area contributed by atoms with Crippen molar-refractivity contribution in [2.75, 3.05) is 11.1 Å². The normalized spacial score (nSPS) is 10.2. The Morgan fingerprint density at radius 3 is 2.94 bits per heavy atom. The summed E-state index contributed by atoms with van der Waals surface area (Å²) in [6.45, 7) is 0. The molecule has 88 valence electrons. The second kappa shape index (κ2) is 4.58. The summed E-state index contributed by atoms with van der Waals surface area (Å²) in [6, 6.07) is 5.20. The molecule has 0 saturated heterocycles. The highest BCUT2D eigenvalue weighted by Crippen LogP contribution is 2.19. The lowest BCUT2D eigenvalue weighted by atomic mass is 10.3. The largest absolute Gasteiger partial charge is 0.397 e. The monoisotopic (exact) mass is 294 g/mol. The van der Waals surface area contributed by atoms with Crippen molar-refractivity contribution in [3.63, 3.8) is 0 Å². The first kappa shape index (κ1) is 11.7. The van der Waals surface area contributed by atoms with Gasteiger partial charge in [0.25, 0.3) is 5.91 Å². The average Bonchev–Trinajstić information content (AvgIpc) is 2.61. The minimum absolute atomic E-state index is 0.247. The zero-order valence-electron chi connectivity index (χ0n) is 9.14. The van der Waals surface area contributed by atoms with E-state index in [0.29, 0.717) is 17.2 Å². The molecule has 0 unspecified atom stereocenters. The molecule has 0 radical (unpaired) electrons. The fraction of sp³-hybridized carbons (Fsp3) is 0.0909. The van der Waals surface area contributed by atoms with Crippen LogP contribution in [0, 0.1) is 0 Å². The standard InChI is InChI=1S/C11H11BrN4O/c1-16-6-7(13)5-9(16)11(17)15-10-8(12)3-2-4-14-10/h2-6H,13H2,1H3,(H,14,15,17). The maximum Gasteiger partial charge on any atom is 0.273 e. The van der Waals surface area contributed by atoms with Crippen LogP contribution in [0.3, 0.4) is 0 Å². The number of aromatic nitrogens is 2. The molecule has 0 saturated carbocycles. The summed E-state index contributed by atoms with van der Waals surface area (Å²) in [6.07, 6.45) is 3.29. The van der Waals surface area contributed by atoms with Crippen LogP contribution in [0.1, 0.15) is 10.5 Å². The maximum atomic E-state index is 12.0. The number of halogens is 1. The molecule has 17 heavy (non-hydrogen) atoms. The van der Waals surface area contributed by atoms with E-state index in [1.165, 1.54) is 0 Å². The van der Waals surface area contributed by atoms with Crippen LogP contribution < -0.4 is 11.1 Å². The molecule has 2 heterocycles.